The van der Waals surface area contributed by atoms with Crippen molar-refractivity contribution in [2.75, 3.05) is 4.72 Å². The maximum Gasteiger partial charge on any atom is 0.293 e. The van der Waals surface area contributed by atoms with Crippen LogP contribution in [0.25, 0.3) is 0 Å². The average Bonchev–Trinajstić information content (AvgIpc) is 2.38. The summed E-state index contributed by atoms with van der Waals surface area (Å²) in [5.74, 6) is 0. The van der Waals surface area contributed by atoms with Gasteiger partial charge in [0.1, 0.15) is 10.9 Å². The number of nitro benzene ring substituents is 1. The van der Waals surface area contributed by atoms with Gasteiger partial charge in [-0.1, -0.05) is 15.9 Å². The Morgan fingerprint density at radius 3 is 2.69 bits per heavy atom. The molecule has 1 aromatic carbocycles. The van der Waals surface area contributed by atoms with Crippen LogP contribution in [0.5, 0.6) is 0 Å². The average molecular weight is 307 g/mol. The summed E-state index contributed by atoms with van der Waals surface area (Å²) in [7, 11) is -3.55. The standard InChI is InChI=1S/C8H7BrN2O4S/c1-4-7-5(9)2-3-6(11(12)13)8(7)10-16(4,14)15/h2-4,10H,1H3. The number of nitrogens with one attached hydrogen (secondary N) is 1. The highest BCUT2D eigenvalue weighted by molar-refractivity contribution is 9.10. The molecule has 2 rings (SSSR count). The quantitative estimate of drug-likeness (QED) is 0.636. The molecule has 1 aliphatic heterocycles. The second kappa shape index (κ2) is 3.42. The molecule has 1 heterocycles. The van der Waals surface area contributed by atoms with Crippen molar-refractivity contribution in [2.24, 2.45) is 0 Å². The molecule has 0 aliphatic carbocycles. The molecule has 0 radical (unpaired) electrons. The molecule has 0 amide bonds. The zero-order valence-corrected chi connectivity index (χ0v) is 10.5. The summed E-state index contributed by atoms with van der Waals surface area (Å²) in [4.78, 5) is 10.1. The van der Waals surface area contributed by atoms with Crippen LogP contribution >= 0.6 is 15.9 Å². The molecule has 0 saturated heterocycles. The van der Waals surface area contributed by atoms with Crippen molar-refractivity contribution in [3.8, 4) is 0 Å². The maximum absolute atomic E-state index is 11.6. The summed E-state index contributed by atoms with van der Waals surface area (Å²) in [5.41, 5.74) is 0.243. The second-order valence-corrected chi connectivity index (χ2v) is 6.26. The monoisotopic (exact) mass is 306 g/mol. The van der Waals surface area contributed by atoms with Crippen molar-refractivity contribution in [2.45, 2.75) is 12.2 Å². The number of nitro groups is 1. The summed E-state index contributed by atoms with van der Waals surface area (Å²) in [6, 6.07) is 2.75. The highest BCUT2D eigenvalue weighted by atomic mass is 79.9. The Kier molecular flexibility index (Phi) is 2.43. The van der Waals surface area contributed by atoms with Crippen LogP contribution in [0.2, 0.25) is 0 Å². The third-order valence-electron chi connectivity index (χ3n) is 2.48. The van der Waals surface area contributed by atoms with Gasteiger partial charge in [-0.25, -0.2) is 8.42 Å². The van der Waals surface area contributed by atoms with Crippen molar-refractivity contribution in [3.63, 3.8) is 0 Å². The first-order valence-corrected chi connectivity index (χ1v) is 6.67. The number of nitrogens with zero attached hydrogens (tertiary/aromatic N) is 1. The van der Waals surface area contributed by atoms with E-state index in [9.17, 15) is 18.5 Å². The third kappa shape index (κ3) is 1.49. The van der Waals surface area contributed by atoms with E-state index in [2.05, 4.69) is 20.7 Å². The van der Waals surface area contributed by atoms with E-state index in [-0.39, 0.29) is 11.4 Å². The molecule has 8 heteroatoms. The predicted molar refractivity (Wildman–Crippen MR) is 61.8 cm³/mol. The maximum atomic E-state index is 11.6. The fourth-order valence-electron chi connectivity index (χ4n) is 1.63. The van der Waals surface area contributed by atoms with Gasteiger partial charge in [-0.2, -0.15) is 0 Å². The molecule has 1 N–H and O–H groups in total. The van der Waals surface area contributed by atoms with Gasteiger partial charge in [-0.05, 0) is 13.0 Å². The first-order chi connectivity index (χ1) is 7.34. The van der Waals surface area contributed by atoms with E-state index in [1.165, 1.54) is 19.1 Å². The van der Waals surface area contributed by atoms with E-state index in [4.69, 9.17) is 0 Å². The Morgan fingerprint density at radius 2 is 2.12 bits per heavy atom. The van der Waals surface area contributed by atoms with Crippen molar-refractivity contribution >= 4 is 37.3 Å². The Hall–Kier alpha value is -1.15. The molecule has 1 unspecified atom stereocenters. The van der Waals surface area contributed by atoms with Crippen LogP contribution < -0.4 is 4.72 Å². The number of fused-ring (bicyclic) bond motifs is 1. The van der Waals surface area contributed by atoms with Crippen molar-refractivity contribution in [3.05, 3.63) is 32.3 Å². The van der Waals surface area contributed by atoms with Crippen LogP contribution in [0.3, 0.4) is 0 Å². The van der Waals surface area contributed by atoms with Gasteiger partial charge in [0, 0.05) is 16.1 Å². The Bertz CT molecular complexity index is 584. The van der Waals surface area contributed by atoms with Crippen molar-refractivity contribution in [1.29, 1.82) is 0 Å². The summed E-state index contributed by atoms with van der Waals surface area (Å²) < 4.78 is 25.9. The number of halogens is 1. The number of benzene rings is 1. The molecule has 6 nitrogen and oxygen atoms in total. The predicted octanol–water partition coefficient (Wildman–Crippen LogP) is 2.17. The molecule has 1 aliphatic rings. The summed E-state index contributed by atoms with van der Waals surface area (Å²) >= 11 is 3.20. The minimum absolute atomic E-state index is 0.0619. The molecular formula is C8H7BrN2O4S. The summed E-state index contributed by atoms with van der Waals surface area (Å²) in [6.45, 7) is 1.49. The molecule has 1 aromatic rings. The molecule has 0 fully saturated rings. The minimum atomic E-state index is -3.55. The zero-order chi connectivity index (χ0) is 12.1. The third-order valence-corrected chi connectivity index (χ3v) is 4.83. The van der Waals surface area contributed by atoms with Crippen LogP contribution in [0.1, 0.15) is 17.7 Å². The van der Waals surface area contributed by atoms with Gasteiger partial charge in [-0.3, -0.25) is 14.8 Å². The van der Waals surface area contributed by atoms with Crippen LogP contribution in [-0.4, -0.2) is 13.3 Å². The summed E-state index contributed by atoms with van der Waals surface area (Å²) in [5, 5.41) is 9.95. The van der Waals surface area contributed by atoms with Gasteiger partial charge in [0.25, 0.3) is 5.69 Å². The Morgan fingerprint density at radius 1 is 1.50 bits per heavy atom. The van der Waals surface area contributed by atoms with E-state index in [1.807, 2.05) is 0 Å². The zero-order valence-electron chi connectivity index (χ0n) is 8.10. The number of rotatable bonds is 1. The first-order valence-electron chi connectivity index (χ1n) is 4.33. The van der Waals surface area contributed by atoms with Gasteiger partial charge < -0.3 is 0 Å². The van der Waals surface area contributed by atoms with Gasteiger partial charge in [0.2, 0.25) is 10.0 Å². The molecule has 16 heavy (non-hydrogen) atoms. The molecule has 86 valence electrons. The molecule has 1 atom stereocenters. The van der Waals surface area contributed by atoms with Crippen LogP contribution in [0.15, 0.2) is 16.6 Å². The lowest BCUT2D eigenvalue weighted by atomic mass is 10.1. The van der Waals surface area contributed by atoms with E-state index in [0.29, 0.717) is 10.0 Å². The molecule has 0 spiro atoms. The second-order valence-electron chi connectivity index (χ2n) is 3.40. The van der Waals surface area contributed by atoms with Gasteiger partial charge >= 0.3 is 0 Å². The van der Waals surface area contributed by atoms with E-state index in [0.717, 1.165) is 0 Å². The number of hydrogen-bond acceptors (Lipinski definition) is 4. The molecule has 0 bridgehead atoms. The smallest absolute Gasteiger partial charge is 0.276 e. The van der Waals surface area contributed by atoms with E-state index < -0.39 is 20.2 Å². The largest absolute Gasteiger partial charge is 0.293 e. The Balaban J connectivity index is 2.77. The molecule has 0 aromatic heterocycles. The lowest BCUT2D eigenvalue weighted by Gasteiger charge is -2.03. The number of hydrogen-bond donors (Lipinski definition) is 1. The fourth-order valence-corrected chi connectivity index (χ4v) is 3.68. The van der Waals surface area contributed by atoms with Crippen LogP contribution in [0.4, 0.5) is 11.4 Å². The van der Waals surface area contributed by atoms with Crippen LogP contribution in [-0.2, 0) is 10.0 Å². The Labute approximate surface area is 100.0 Å². The minimum Gasteiger partial charge on any atom is -0.276 e. The SMILES string of the molecule is CC1c2c(Br)ccc([N+](=O)[O-])c2NS1(=O)=O. The van der Waals surface area contributed by atoms with Gasteiger partial charge in [0.05, 0.1) is 4.92 Å². The topological polar surface area (TPSA) is 89.3 Å². The normalized spacial score (nSPS) is 21.2. The van der Waals surface area contributed by atoms with E-state index >= 15 is 0 Å². The lowest BCUT2D eigenvalue weighted by molar-refractivity contribution is -0.383. The molecule has 0 saturated carbocycles. The van der Waals surface area contributed by atoms with Crippen molar-refractivity contribution < 1.29 is 13.3 Å². The summed E-state index contributed by atoms with van der Waals surface area (Å²) in [6.07, 6.45) is 0. The molecular weight excluding hydrogens is 300 g/mol. The van der Waals surface area contributed by atoms with E-state index in [1.54, 1.807) is 0 Å². The highest BCUT2D eigenvalue weighted by Crippen LogP contribution is 2.46. The fraction of sp³-hybridized carbons (Fsp3) is 0.250. The van der Waals surface area contributed by atoms with Crippen molar-refractivity contribution in [1.82, 2.24) is 0 Å². The van der Waals surface area contributed by atoms with Gasteiger partial charge in [-0.15, -0.1) is 0 Å². The first kappa shape index (κ1) is 11.3. The number of sulfonamides is 1. The lowest BCUT2D eigenvalue weighted by Crippen LogP contribution is -2.10. The van der Waals surface area contributed by atoms with Gasteiger partial charge in [0.15, 0.2) is 0 Å². The highest BCUT2D eigenvalue weighted by Gasteiger charge is 2.38. The number of anilines is 1. The van der Waals surface area contributed by atoms with Crippen LogP contribution in [0, 0.1) is 10.1 Å².